The molecule has 0 aromatic carbocycles. The zero-order valence-corrected chi connectivity index (χ0v) is 20.1. The number of oxazole rings is 1. The third-order valence-corrected chi connectivity index (χ3v) is 5.74. The molecule has 4 rings (SSSR count). The lowest BCUT2D eigenvalue weighted by molar-refractivity contribution is -0.172. The van der Waals surface area contributed by atoms with E-state index >= 15 is 0 Å². The molecule has 0 bridgehead atoms. The highest BCUT2D eigenvalue weighted by molar-refractivity contribution is 6.06. The molecule has 1 aliphatic rings. The Morgan fingerprint density at radius 1 is 1.31 bits per heavy atom. The molecule has 13 heteroatoms. The summed E-state index contributed by atoms with van der Waals surface area (Å²) in [6.07, 6.45) is -0.566. The fraction of sp³-hybridized carbons (Fsp3) is 0.435. The predicted octanol–water partition coefficient (Wildman–Crippen LogP) is 3.48. The van der Waals surface area contributed by atoms with Crippen LogP contribution in [-0.4, -0.2) is 50.3 Å². The van der Waals surface area contributed by atoms with Crippen molar-refractivity contribution in [3.8, 4) is 11.5 Å². The van der Waals surface area contributed by atoms with Crippen LogP contribution in [0.4, 0.5) is 24.7 Å². The van der Waals surface area contributed by atoms with Gasteiger partial charge in [-0.25, -0.2) is 4.98 Å². The zero-order chi connectivity index (χ0) is 26.4. The molecule has 2 amide bonds. The summed E-state index contributed by atoms with van der Waals surface area (Å²) < 4.78 is 48.8. The topological polar surface area (TPSA) is 132 Å². The van der Waals surface area contributed by atoms with Crippen LogP contribution in [0, 0.1) is 5.41 Å². The van der Waals surface area contributed by atoms with Gasteiger partial charge in [0, 0.05) is 32.3 Å². The highest BCUT2D eigenvalue weighted by Crippen LogP contribution is 2.48. The molecule has 0 saturated carbocycles. The van der Waals surface area contributed by atoms with Gasteiger partial charge in [0.2, 0.25) is 11.8 Å². The van der Waals surface area contributed by atoms with Crippen molar-refractivity contribution >= 4 is 23.3 Å². The van der Waals surface area contributed by atoms with Crippen molar-refractivity contribution in [1.29, 1.82) is 0 Å². The number of carbonyl (C=O) groups is 2. The van der Waals surface area contributed by atoms with Crippen LogP contribution in [0.5, 0.6) is 0 Å². The van der Waals surface area contributed by atoms with E-state index in [0.29, 0.717) is 0 Å². The molecule has 192 valence electrons. The summed E-state index contributed by atoms with van der Waals surface area (Å²) in [6, 6.07) is 2.55. The van der Waals surface area contributed by atoms with Crippen molar-refractivity contribution in [2.75, 3.05) is 16.8 Å². The van der Waals surface area contributed by atoms with Gasteiger partial charge in [-0.2, -0.15) is 18.3 Å². The molecule has 3 N–H and O–H groups in total. The van der Waals surface area contributed by atoms with Crippen molar-refractivity contribution in [2.45, 2.75) is 45.3 Å². The van der Waals surface area contributed by atoms with E-state index in [0.717, 1.165) is 6.26 Å². The van der Waals surface area contributed by atoms with E-state index in [1.165, 1.54) is 54.9 Å². The van der Waals surface area contributed by atoms with E-state index < -0.39 is 23.4 Å². The van der Waals surface area contributed by atoms with Crippen LogP contribution >= 0.6 is 0 Å². The molecule has 1 fully saturated rings. The highest BCUT2D eigenvalue weighted by atomic mass is 19.4. The molecule has 1 saturated heterocycles. The molecule has 2 atom stereocenters. The van der Waals surface area contributed by atoms with Crippen LogP contribution < -0.4 is 16.0 Å². The second kappa shape index (κ2) is 9.04. The molecule has 3 aromatic heterocycles. The van der Waals surface area contributed by atoms with Crippen LogP contribution in [0.1, 0.15) is 49.3 Å². The Morgan fingerprint density at radius 2 is 2.03 bits per heavy atom. The van der Waals surface area contributed by atoms with E-state index in [1.54, 1.807) is 7.05 Å². The summed E-state index contributed by atoms with van der Waals surface area (Å²) in [7, 11) is 1.63. The number of aromatic nitrogens is 4. The maximum Gasteiger partial charge on any atom is 0.397 e. The highest BCUT2D eigenvalue weighted by Gasteiger charge is 2.50. The standard InChI is InChI=1S/C23H26F3N7O3/c1-22(2,3)18(23(24,25)26)17-13(6-5-7-28-17)21-30-15(11-36-21)20(35)29-14-10-32(4)31-19(14)33-9-12(27)8-16(33)34/h5-7,10-12,18H,8-9,27H2,1-4H3,(H,29,35)/t12-,18?/m0/s1. The minimum Gasteiger partial charge on any atom is -0.444 e. The van der Waals surface area contributed by atoms with E-state index in [4.69, 9.17) is 10.2 Å². The molecule has 0 aliphatic carbocycles. The molecular weight excluding hydrogens is 479 g/mol. The van der Waals surface area contributed by atoms with Crippen LogP contribution in [0.15, 0.2) is 35.2 Å². The number of pyridine rings is 1. The third kappa shape index (κ3) is 4.96. The Hall–Kier alpha value is -3.74. The second-order valence-corrected chi connectivity index (χ2v) is 9.78. The Bertz CT molecular complexity index is 1280. The van der Waals surface area contributed by atoms with Gasteiger partial charge < -0.3 is 15.5 Å². The van der Waals surface area contributed by atoms with E-state index in [-0.39, 0.29) is 59.3 Å². The third-order valence-electron chi connectivity index (χ3n) is 5.74. The number of hydrogen-bond acceptors (Lipinski definition) is 7. The zero-order valence-electron chi connectivity index (χ0n) is 20.1. The second-order valence-electron chi connectivity index (χ2n) is 9.78. The summed E-state index contributed by atoms with van der Waals surface area (Å²) in [6.45, 7) is 4.68. The van der Waals surface area contributed by atoms with Crippen molar-refractivity contribution in [2.24, 2.45) is 18.2 Å². The van der Waals surface area contributed by atoms with Crippen molar-refractivity contribution in [3.63, 3.8) is 0 Å². The minimum atomic E-state index is -4.57. The van der Waals surface area contributed by atoms with Gasteiger partial charge in [0.05, 0.1) is 17.5 Å². The van der Waals surface area contributed by atoms with Gasteiger partial charge in [-0.3, -0.25) is 24.2 Å². The number of nitrogens with two attached hydrogens (primary N) is 1. The monoisotopic (exact) mass is 505 g/mol. The Morgan fingerprint density at radius 3 is 2.64 bits per heavy atom. The molecule has 4 heterocycles. The first-order chi connectivity index (χ1) is 16.8. The molecule has 0 spiro atoms. The number of carbonyl (C=O) groups excluding carboxylic acids is 2. The number of halogens is 3. The summed E-state index contributed by atoms with van der Waals surface area (Å²) in [5, 5.41) is 6.88. The minimum absolute atomic E-state index is 0.0347. The van der Waals surface area contributed by atoms with Crippen LogP contribution in [0.25, 0.3) is 11.5 Å². The fourth-order valence-electron chi connectivity index (χ4n) is 4.28. The number of nitrogens with zero attached hydrogens (tertiary/aromatic N) is 5. The average molecular weight is 506 g/mol. The van der Waals surface area contributed by atoms with Crippen molar-refractivity contribution in [3.05, 3.63) is 42.2 Å². The lowest BCUT2D eigenvalue weighted by atomic mass is 9.76. The number of anilines is 2. The predicted molar refractivity (Wildman–Crippen MR) is 124 cm³/mol. The normalized spacial score (nSPS) is 17.5. The lowest BCUT2D eigenvalue weighted by Gasteiger charge is -2.32. The first-order valence-electron chi connectivity index (χ1n) is 11.1. The van der Waals surface area contributed by atoms with E-state index in [1.807, 2.05) is 0 Å². The van der Waals surface area contributed by atoms with Gasteiger partial charge in [-0.1, -0.05) is 20.8 Å². The van der Waals surface area contributed by atoms with Crippen LogP contribution in [0.3, 0.4) is 0 Å². The van der Waals surface area contributed by atoms with Gasteiger partial charge in [0.1, 0.15) is 17.9 Å². The number of amides is 2. The molecular formula is C23H26F3N7O3. The quantitative estimate of drug-likeness (QED) is 0.543. The number of nitrogens with one attached hydrogen (secondary N) is 1. The van der Waals surface area contributed by atoms with Crippen molar-refractivity contribution in [1.82, 2.24) is 19.7 Å². The van der Waals surface area contributed by atoms with Crippen molar-refractivity contribution < 1.29 is 27.2 Å². The number of alkyl halides is 3. The summed E-state index contributed by atoms with van der Waals surface area (Å²) in [4.78, 5) is 34.7. The maximum absolute atomic E-state index is 14.0. The number of hydrogen-bond donors (Lipinski definition) is 2. The first-order valence-corrected chi connectivity index (χ1v) is 11.1. The summed E-state index contributed by atoms with van der Waals surface area (Å²) in [5.41, 5.74) is 4.54. The Balaban J connectivity index is 1.63. The Labute approximate surface area is 204 Å². The fourth-order valence-corrected chi connectivity index (χ4v) is 4.28. The van der Waals surface area contributed by atoms with Crippen LogP contribution in [0.2, 0.25) is 0 Å². The van der Waals surface area contributed by atoms with Gasteiger partial charge in [-0.15, -0.1) is 0 Å². The largest absolute Gasteiger partial charge is 0.444 e. The van der Waals surface area contributed by atoms with E-state index in [9.17, 15) is 22.8 Å². The van der Waals surface area contributed by atoms with Gasteiger partial charge in [-0.05, 0) is 17.5 Å². The maximum atomic E-state index is 14.0. The number of aryl methyl sites for hydroxylation is 1. The summed E-state index contributed by atoms with van der Waals surface area (Å²) in [5.74, 6) is -2.74. The Kier molecular flexibility index (Phi) is 6.37. The summed E-state index contributed by atoms with van der Waals surface area (Å²) >= 11 is 0. The smallest absolute Gasteiger partial charge is 0.397 e. The molecule has 1 aliphatic heterocycles. The molecule has 0 radical (unpaired) electrons. The molecule has 36 heavy (non-hydrogen) atoms. The SMILES string of the molecule is Cn1cc(NC(=O)c2coc(-c3cccnc3C(C(C)(C)C)C(F)(F)F)n2)c(N2C[C@@H](N)CC2=O)n1. The van der Waals surface area contributed by atoms with Gasteiger partial charge in [0.15, 0.2) is 11.5 Å². The van der Waals surface area contributed by atoms with Gasteiger partial charge in [0.25, 0.3) is 5.91 Å². The number of rotatable bonds is 5. The molecule has 1 unspecified atom stereocenters. The lowest BCUT2D eigenvalue weighted by Crippen LogP contribution is -2.33. The van der Waals surface area contributed by atoms with E-state index in [2.05, 4.69) is 20.4 Å². The molecule has 10 nitrogen and oxygen atoms in total. The average Bonchev–Trinajstić information content (AvgIpc) is 3.45. The first kappa shape index (κ1) is 25.4. The van der Waals surface area contributed by atoms with Gasteiger partial charge >= 0.3 is 6.18 Å². The molecule has 3 aromatic rings. The van der Waals surface area contributed by atoms with Crippen LogP contribution in [-0.2, 0) is 11.8 Å².